The first-order valence-corrected chi connectivity index (χ1v) is 7.48. The average molecular weight is 278 g/mol. The fourth-order valence-corrected chi connectivity index (χ4v) is 2.97. The SMILES string of the molecule is CCc1ccc(CNc2c(N)c(C(C)C)nn2C)s1. The molecule has 3 N–H and O–H groups in total. The van der Waals surface area contributed by atoms with Gasteiger partial charge in [0, 0.05) is 16.8 Å². The zero-order chi connectivity index (χ0) is 14.0. The van der Waals surface area contributed by atoms with Crippen LogP contribution in [0.4, 0.5) is 11.5 Å². The number of aromatic nitrogens is 2. The molecule has 104 valence electrons. The van der Waals surface area contributed by atoms with Gasteiger partial charge in [0.25, 0.3) is 0 Å². The molecule has 0 aromatic carbocycles. The molecule has 5 heteroatoms. The van der Waals surface area contributed by atoms with Crippen molar-refractivity contribution in [2.24, 2.45) is 7.05 Å². The van der Waals surface area contributed by atoms with E-state index in [1.807, 2.05) is 23.1 Å². The second-order valence-corrected chi connectivity index (χ2v) is 6.25. The van der Waals surface area contributed by atoms with Crippen LogP contribution in [0.1, 0.15) is 42.1 Å². The van der Waals surface area contributed by atoms with Crippen molar-refractivity contribution in [2.75, 3.05) is 11.1 Å². The van der Waals surface area contributed by atoms with Gasteiger partial charge in [-0.25, -0.2) is 0 Å². The van der Waals surface area contributed by atoms with E-state index in [-0.39, 0.29) is 0 Å². The Hall–Kier alpha value is -1.49. The lowest BCUT2D eigenvalue weighted by Gasteiger charge is -2.06. The van der Waals surface area contributed by atoms with Gasteiger partial charge >= 0.3 is 0 Å². The van der Waals surface area contributed by atoms with Crippen molar-refractivity contribution in [1.29, 1.82) is 0 Å². The Labute approximate surface area is 118 Å². The molecular formula is C14H22N4S. The summed E-state index contributed by atoms with van der Waals surface area (Å²) in [5, 5.41) is 7.87. The van der Waals surface area contributed by atoms with Crippen LogP contribution in [0.15, 0.2) is 12.1 Å². The van der Waals surface area contributed by atoms with Crippen molar-refractivity contribution in [2.45, 2.75) is 39.7 Å². The van der Waals surface area contributed by atoms with E-state index in [1.54, 1.807) is 0 Å². The van der Waals surface area contributed by atoms with Gasteiger partial charge in [0.1, 0.15) is 5.82 Å². The predicted octanol–water partition coefficient (Wildman–Crippen LogP) is 3.36. The van der Waals surface area contributed by atoms with Gasteiger partial charge in [0.15, 0.2) is 0 Å². The van der Waals surface area contributed by atoms with Crippen LogP contribution in [0.25, 0.3) is 0 Å². The van der Waals surface area contributed by atoms with E-state index in [0.717, 1.165) is 30.2 Å². The second-order valence-electron chi connectivity index (χ2n) is 5.00. The van der Waals surface area contributed by atoms with Gasteiger partial charge in [-0.05, 0) is 24.5 Å². The van der Waals surface area contributed by atoms with E-state index in [2.05, 4.69) is 43.3 Å². The Kier molecular flexibility index (Phi) is 4.14. The Balaban J connectivity index is 2.11. The summed E-state index contributed by atoms with van der Waals surface area (Å²) in [6.07, 6.45) is 1.09. The number of nitrogen functional groups attached to an aromatic ring is 1. The minimum absolute atomic E-state index is 0.343. The van der Waals surface area contributed by atoms with Crippen molar-refractivity contribution in [1.82, 2.24) is 9.78 Å². The van der Waals surface area contributed by atoms with Crippen LogP contribution in [0.3, 0.4) is 0 Å². The quantitative estimate of drug-likeness (QED) is 0.881. The van der Waals surface area contributed by atoms with E-state index >= 15 is 0 Å². The Morgan fingerprint density at radius 1 is 1.37 bits per heavy atom. The van der Waals surface area contributed by atoms with Gasteiger partial charge in [-0.1, -0.05) is 20.8 Å². The molecule has 0 fully saturated rings. The highest BCUT2D eigenvalue weighted by atomic mass is 32.1. The minimum atomic E-state index is 0.343. The van der Waals surface area contributed by atoms with Crippen molar-refractivity contribution >= 4 is 22.8 Å². The van der Waals surface area contributed by atoms with Gasteiger partial charge < -0.3 is 11.1 Å². The molecule has 0 radical (unpaired) electrons. The van der Waals surface area contributed by atoms with E-state index in [4.69, 9.17) is 5.73 Å². The Bertz CT molecular complexity index is 554. The summed E-state index contributed by atoms with van der Waals surface area (Å²) in [4.78, 5) is 2.74. The summed E-state index contributed by atoms with van der Waals surface area (Å²) in [6.45, 7) is 7.19. The summed E-state index contributed by atoms with van der Waals surface area (Å²) in [5.74, 6) is 1.25. The minimum Gasteiger partial charge on any atom is -0.394 e. The van der Waals surface area contributed by atoms with Crippen LogP contribution in [0, 0.1) is 0 Å². The third-order valence-electron chi connectivity index (χ3n) is 3.16. The first kappa shape index (κ1) is 13.9. The first-order chi connectivity index (χ1) is 9.02. The fourth-order valence-electron chi connectivity index (χ4n) is 2.08. The van der Waals surface area contributed by atoms with Crippen LogP contribution < -0.4 is 11.1 Å². The molecule has 0 aliphatic rings. The molecule has 0 saturated heterocycles. The van der Waals surface area contributed by atoms with Crippen molar-refractivity contribution in [3.63, 3.8) is 0 Å². The highest BCUT2D eigenvalue weighted by Gasteiger charge is 2.15. The normalized spacial score (nSPS) is 11.2. The van der Waals surface area contributed by atoms with Crippen LogP contribution in [0.2, 0.25) is 0 Å². The second kappa shape index (κ2) is 5.65. The van der Waals surface area contributed by atoms with Gasteiger partial charge in [-0.2, -0.15) is 5.10 Å². The number of rotatable bonds is 5. The number of nitrogens with two attached hydrogens (primary N) is 1. The molecule has 0 saturated carbocycles. The molecule has 0 aliphatic heterocycles. The van der Waals surface area contributed by atoms with Gasteiger partial charge in [-0.3, -0.25) is 4.68 Å². The maximum atomic E-state index is 6.16. The van der Waals surface area contributed by atoms with Gasteiger partial charge in [0.2, 0.25) is 0 Å². The standard InChI is InChI=1S/C14H22N4S/c1-5-10-6-7-11(19-10)8-16-14-12(15)13(9(2)3)17-18(14)4/h6-7,9,16H,5,8,15H2,1-4H3. The molecule has 2 rings (SSSR count). The van der Waals surface area contributed by atoms with E-state index in [9.17, 15) is 0 Å². The number of anilines is 2. The largest absolute Gasteiger partial charge is 0.394 e. The van der Waals surface area contributed by atoms with Crippen molar-refractivity contribution in [3.05, 3.63) is 27.6 Å². The summed E-state index contributed by atoms with van der Waals surface area (Å²) in [5.41, 5.74) is 7.89. The molecule has 0 spiro atoms. The number of aryl methyl sites for hydroxylation is 2. The Morgan fingerprint density at radius 2 is 2.05 bits per heavy atom. The van der Waals surface area contributed by atoms with Crippen LogP contribution >= 0.6 is 11.3 Å². The molecule has 2 aromatic rings. The van der Waals surface area contributed by atoms with Gasteiger partial charge in [0.05, 0.1) is 17.9 Å². The average Bonchev–Trinajstić information content (AvgIpc) is 2.93. The molecule has 0 bridgehead atoms. The molecular weight excluding hydrogens is 256 g/mol. The topological polar surface area (TPSA) is 55.9 Å². The molecule has 19 heavy (non-hydrogen) atoms. The smallest absolute Gasteiger partial charge is 0.148 e. The lowest BCUT2D eigenvalue weighted by Crippen LogP contribution is -2.05. The predicted molar refractivity (Wildman–Crippen MR) is 82.7 cm³/mol. The van der Waals surface area contributed by atoms with E-state index < -0.39 is 0 Å². The van der Waals surface area contributed by atoms with Crippen LogP contribution in [0.5, 0.6) is 0 Å². The summed E-state index contributed by atoms with van der Waals surface area (Å²) in [6, 6.07) is 4.36. The zero-order valence-corrected chi connectivity index (χ0v) is 12.8. The van der Waals surface area contributed by atoms with Crippen molar-refractivity contribution < 1.29 is 0 Å². The highest BCUT2D eigenvalue weighted by molar-refractivity contribution is 7.12. The molecule has 0 aliphatic carbocycles. The summed E-state index contributed by atoms with van der Waals surface area (Å²) in [7, 11) is 1.93. The lowest BCUT2D eigenvalue weighted by atomic mass is 10.1. The molecule has 4 nitrogen and oxygen atoms in total. The maximum Gasteiger partial charge on any atom is 0.148 e. The Morgan fingerprint density at radius 3 is 2.58 bits per heavy atom. The molecule has 2 aromatic heterocycles. The van der Waals surface area contributed by atoms with E-state index in [1.165, 1.54) is 9.75 Å². The van der Waals surface area contributed by atoms with E-state index in [0.29, 0.717) is 5.92 Å². The van der Waals surface area contributed by atoms with Gasteiger partial charge in [-0.15, -0.1) is 11.3 Å². The first-order valence-electron chi connectivity index (χ1n) is 6.66. The number of nitrogens with zero attached hydrogens (tertiary/aromatic N) is 2. The highest BCUT2D eigenvalue weighted by Crippen LogP contribution is 2.28. The molecule has 0 amide bonds. The third-order valence-corrected chi connectivity index (χ3v) is 4.38. The molecule has 2 heterocycles. The number of hydrogen-bond acceptors (Lipinski definition) is 4. The van der Waals surface area contributed by atoms with Crippen LogP contribution in [-0.4, -0.2) is 9.78 Å². The molecule has 0 unspecified atom stereocenters. The number of nitrogens with one attached hydrogen (secondary N) is 1. The van der Waals surface area contributed by atoms with Crippen LogP contribution in [-0.2, 0) is 20.0 Å². The van der Waals surface area contributed by atoms with Crippen molar-refractivity contribution in [3.8, 4) is 0 Å². The zero-order valence-electron chi connectivity index (χ0n) is 12.0. The fraction of sp³-hybridized carbons (Fsp3) is 0.500. The monoisotopic (exact) mass is 278 g/mol. The summed E-state index contributed by atoms with van der Waals surface area (Å²) >= 11 is 1.84. The molecule has 0 atom stereocenters. The number of thiophene rings is 1. The number of hydrogen-bond donors (Lipinski definition) is 2. The maximum absolute atomic E-state index is 6.16. The summed E-state index contributed by atoms with van der Waals surface area (Å²) < 4.78 is 1.83. The lowest BCUT2D eigenvalue weighted by molar-refractivity contribution is 0.715. The third kappa shape index (κ3) is 2.92.